The number of ether oxygens (including phenoxy) is 3. The van der Waals surface area contributed by atoms with Crippen molar-refractivity contribution in [2.24, 2.45) is 0 Å². The summed E-state index contributed by atoms with van der Waals surface area (Å²) >= 11 is 6.39. The number of alkyl halides is 3. The molecule has 0 saturated carbocycles. The summed E-state index contributed by atoms with van der Waals surface area (Å²) in [6.07, 6.45) is -4.52. The third kappa shape index (κ3) is 5.67. The Morgan fingerprint density at radius 2 is 1.75 bits per heavy atom. The second kappa shape index (κ2) is 10.3. The number of hydrogen-bond acceptors (Lipinski definition) is 6. The van der Waals surface area contributed by atoms with Crippen LogP contribution in [-0.2, 0) is 27.0 Å². The Morgan fingerprint density at radius 3 is 2.31 bits per heavy atom. The molecule has 8 nitrogen and oxygen atoms in total. The average Bonchev–Trinajstić information content (AvgIpc) is 3.08. The molecule has 3 rings (SSSR count). The van der Waals surface area contributed by atoms with E-state index in [0.717, 1.165) is 34.1 Å². The Balaban J connectivity index is 1.81. The van der Waals surface area contributed by atoms with Crippen molar-refractivity contribution >= 4 is 35.2 Å². The summed E-state index contributed by atoms with van der Waals surface area (Å²) in [7, 11) is 1.36. The van der Waals surface area contributed by atoms with Gasteiger partial charge in [-0.3, -0.25) is 14.6 Å². The molecule has 1 fully saturated rings. The lowest BCUT2D eigenvalue weighted by Crippen LogP contribution is -2.40. The second-order valence-electron chi connectivity index (χ2n) is 8.34. The molecule has 12 heteroatoms. The monoisotopic (exact) mass is 528 g/mol. The van der Waals surface area contributed by atoms with Crippen molar-refractivity contribution in [3.63, 3.8) is 0 Å². The number of esters is 1. The largest absolute Gasteiger partial charge is 0.493 e. The maximum Gasteiger partial charge on any atom is 0.416 e. The van der Waals surface area contributed by atoms with Crippen LogP contribution >= 0.6 is 11.6 Å². The first kappa shape index (κ1) is 27.1. The molecule has 0 N–H and O–H groups in total. The van der Waals surface area contributed by atoms with E-state index in [2.05, 4.69) is 0 Å². The van der Waals surface area contributed by atoms with Crippen molar-refractivity contribution in [1.29, 1.82) is 0 Å². The predicted molar refractivity (Wildman–Crippen MR) is 124 cm³/mol. The summed E-state index contributed by atoms with van der Waals surface area (Å²) in [5.74, 6) is -0.914. The highest BCUT2D eigenvalue weighted by atomic mass is 35.5. The molecule has 0 radical (unpaired) electrons. The van der Waals surface area contributed by atoms with Gasteiger partial charge in [0.05, 0.1) is 30.8 Å². The fourth-order valence-electron chi connectivity index (χ4n) is 3.48. The number of anilines is 1. The summed E-state index contributed by atoms with van der Waals surface area (Å²) in [5.41, 5.74) is -1.66. The standard InChI is InChI=1S/C24H24ClF3N2O6/c1-5-35-21(32)23(2,3)36-20-17(25)10-14(11-18(20)34-4)12-30-19(31)13-29(22(30)33)16-8-6-15(7-9-16)24(26,27)28/h6-11H,5,12-13H2,1-4H3. The number of carbonyl (C=O) groups is 3. The maximum absolute atomic E-state index is 12.9. The summed E-state index contributed by atoms with van der Waals surface area (Å²) in [6, 6.07) is 6.22. The molecule has 194 valence electrons. The third-order valence-corrected chi connectivity index (χ3v) is 5.60. The molecule has 2 aromatic carbocycles. The van der Waals surface area contributed by atoms with E-state index >= 15 is 0 Å². The fraction of sp³-hybridized carbons (Fsp3) is 0.375. The molecule has 0 aliphatic carbocycles. The van der Waals surface area contributed by atoms with Crippen LogP contribution in [0.1, 0.15) is 31.9 Å². The van der Waals surface area contributed by atoms with Crippen LogP contribution in [0.15, 0.2) is 36.4 Å². The first-order valence-corrected chi connectivity index (χ1v) is 11.2. The molecule has 0 aromatic heterocycles. The smallest absolute Gasteiger partial charge is 0.416 e. The summed E-state index contributed by atoms with van der Waals surface area (Å²) < 4.78 is 54.6. The second-order valence-corrected chi connectivity index (χ2v) is 8.74. The number of carbonyl (C=O) groups excluding carboxylic acids is 3. The zero-order chi connectivity index (χ0) is 26.8. The Kier molecular flexibility index (Phi) is 7.73. The predicted octanol–water partition coefficient (Wildman–Crippen LogP) is 5.06. The van der Waals surface area contributed by atoms with E-state index in [1.165, 1.54) is 33.1 Å². The van der Waals surface area contributed by atoms with Gasteiger partial charge >= 0.3 is 18.2 Å². The number of imide groups is 1. The van der Waals surface area contributed by atoms with E-state index in [4.69, 9.17) is 25.8 Å². The highest BCUT2D eigenvalue weighted by Gasteiger charge is 2.38. The Hall–Kier alpha value is -3.47. The lowest BCUT2D eigenvalue weighted by molar-refractivity contribution is -0.158. The zero-order valence-electron chi connectivity index (χ0n) is 19.9. The molecule has 0 spiro atoms. The minimum absolute atomic E-state index is 0.0698. The van der Waals surface area contributed by atoms with Crippen molar-refractivity contribution < 1.29 is 41.8 Å². The minimum atomic E-state index is -4.52. The Morgan fingerprint density at radius 1 is 1.11 bits per heavy atom. The van der Waals surface area contributed by atoms with Gasteiger partial charge in [-0.25, -0.2) is 9.59 Å². The quantitative estimate of drug-likeness (QED) is 0.352. The number of methoxy groups -OCH3 is 1. The molecule has 1 heterocycles. The van der Waals surface area contributed by atoms with Gasteiger partial charge in [-0.2, -0.15) is 13.2 Å². The van der Waals surface area contributed by atoms with Crippen LogP contribution in [0.25, 0.3) is 0 Å². The van der Waals surface area contributed by atoms with E-state index < -0.39 is 35.2 Å². The summed E-state index contributed by atoms with van der Waals surface area (Å²) in [4.78, 5) is 39.7. The van der Waals surface area contributed by atoms with Crippen LogP contribution < -0.4 is 14.4 Å². The van der Waals surface area contributed by atoms with Crippen LogP contribution in [0.4, 0.5) is 23.7 Å². The summed E-state index contributed by atoms with van der Waals surface area (Å²) in [6.45, 7) is 4.33. The molecule has 0 unspecified atom stereocenters. The number of rotatable bonds is 8. The molecule has 2 aromatic rings. The third-order valence-electron chi connectivity index (χ3n) is 5.32. The van der Waals surface area contributed by atoms with Crippen LogP contribution in [-0.4, -0.2) is 48.7 Å². The first-order chi connectivity index (χ1) is 16.8. The molecule has 36 heavy (non-hydrogen) atoms. The highest BCUT2D eigenvalue weighted by molar-refractivity contribution is 6.32. The van der Waals surface area contributed by atoms with Crippen molar-refractivity contribution in [1.82, 2.24) is 4.90 Å². The molecule has 3 amide bonds. The normalized spacial score (nSPS) is 14.3. The van der Waals surface area contributed by atoms with Gasteiger partial charge in [-0.05, 0) is 62.7 Å². The average molecular weight is 529 g/mol. The molecular formula is C24H24ClF3N2O6. The van der Waals surface area contributed by atoms with E-state index in [9.17, 15) is 27.6 Å². The van der Waals surface area contributed by atoms with Gasteiger partial charge in [0.15, 0.2) is 17.1 Å². The van der Waals surface area contributed by atoms with Gasteiger partial charge in [0.1, 0.15) is 6.54 Å². The molecular weight excluding hydrogens is 505 g/mol. The molecule has 1 aliphatic heterocycles. The van der Waals surface area contributed by atoms with Gasteiger partial charge < -0.3 is 14.2 Å². The molecule has 0 atom stereocenters. The van der Waals surface area contributed by atoms with E-state index in [1.54, 1.807) is 6.92 Å². The van der Waals surface area contributed by atoms with Gasteiger partial charge in [-0.15, -0.1) is 0 Å². The topological polar surface area (TPSA) is 85.4 Å². The van der Waals surface area contributed by atoms with Crippen LogP contribution in [0, 0.1) is 0 Å². The van der Waals surface area contributed by atoms with Gasteiger partial charge in [0, 0.05) is 5.69 Å². The van der Waals surface area contributed by atoms with Crippen molar-refractivity contribution in [3.05, 3.63) is 52.5 Å². The number of urea groups is 1. The molecule has 1 saturated heterocycles. The molecule has 0 bridgehead atoms. The number of amides is 3. The van der Waals surface area contributed by atoms with Crippen molar-refractivity contribution in [3.8, 4) is 11.5 Å². The minimum Gasteiger partial charge on any atom is -0.493 e. The lowest BCUT2D eigenvalue weighted by atomic mass is 10.1. The number of nitrogens with zero attached hydrogens (tertiary/aromatic N) is 2. The Labute approximate surface area is 210 Å². The lowest BCUT2D eigenvalue weighted by Gasteiger charge is -2.26. The van der Waals surface area contributed by atoms with Crippen molar-refractivity contribution in [2.45, 2.75) is 39.1 Å². The van der Waals surface area contributed by atoms with E-state index in [-0.39, 0.29) is 41.9 Å². The SMILES string of the molecule is CCOC(=O)C(C)(C)Oc1c(Cl)cc(CN2C(=O)CN(c3ccc(C(F)(F)F)cc3)C2=O)cc1OC. The molecule has 1 aliphatic rings. The van der Waals surface area contributed by atoms with Crippen LogP contribution in [0.5, 0.6) is 11.5 Å². The van der Waals surface area contributed by atoms with Gasteiger partial charge in [-0.1, -0.05) is 11.6 Å². The number of benzene rings is 2. The fourth-order valence-corrected chi connectivity index (χ4v) is 3.75. The zero-order valence-corrected chi connectivity index (χ0v) is 20.7. The van der Waals surface area contributed by atoms with Crippen LogP contribution in [0.3, 0.4) is 0 Å². The van der Waals surface area contributed by atoms with Gasteiger partial charge in [0.25, 0.3) is 5.91 Å². The number of hydrogen-bond donors (Lipinski definition) is 0. The van der Waals surface area contributed by atoms with Crippen LogP contribution in [0.2, 0.25) is 5.02 Å². The summed E-state index contributed by atoms with van der Waals surface area (Å²) in [5, 5.41) is 0.0698. The van der Waals surface area contributed by atoms with E-state index in [1.807, 2.05) is 0 Å². The number of halogens is 4. The van der Waals surface area contributed by atoms with Crippen molar-refractivity contribution in [2.75, 3.05) is 25.2 Å². The van der Waals surface area contributed by atoms with E-state index in [0.29, 0.717) is 5.56 Å². The maximum atomic E-state index is 12.9. The highest BCUT2D eigenvalue weighted by Crippen LogP contribution is 2.39. The van der Waals surface area contributed by atoms with Gasteiger partial charge in [0.2, 0.25) is 0 Å². The first-order valence-electron chi connectivity index (χ1n) is 10.8. The Bertz CT molecular complexity index is 1170.